The highest BCUT2D eigenvalue weighted by molar-refractivity contribution is 7.80. The largest absolute Gasteiger partial charge is 0.467 e. The van der Waals surface area contributed by atoms with Gasteiger partial charge < -0.3 is 19.9 Å². The van der Waals surface area contributed by atoms with Crippen LogP contribution in [0.4, 0.5) is 0 Å². The van der Waals surface area contributed by atoms with Gasteiger partial charge in [-0.2, -0.15) is 0 Å². The average Bonchev–Trinajstić information content (AvgIpc) is 2.66. The van der Waals surface area contributed by atoms with Gasteiger partial charge in [-0.3, -0.25) is 4.79 Å². The second-order valence-electron chi connectivity index (χ2n) is 7.65. The number of hydrogen-bond acceptors (Lipinski definition) is 3. The van der Waals surface area contributed by atoms with Crippen LogP contribution in [-0.4, -0.2) is 40.6 Å². The smallest absolute Gasteiger partial charge is 0.233 e. The first-order valence-corrected chi connectivity index (χ1v) is 10.4. The number of benzene rings is 2. The number of thiocarbonyl (C=S) groups is 1. The number of nitrogens with one attached hydrogen (secondary N) is 1. The third-order valence-electron chi connectivity index (χ3n) is 5.59. The van der Waals surface area contributed by atoms with Crippen molar-refractivity contribution in [3.05, 3.63) is 63.6 Å². The molecule has 0 unspecified atom stereocenters. The molecule has 2 aliphatic heterocycles. The molecular formula is C21H21Cl2N3O2S. The van der Waals surface area contributed by atoms with Crippen LogP contribution in [0.1, 0.15) is 24.1 Å². The van der Waals surface area contributed by atoms with E-state index in [4.69, 9.17) is 40.2 Å². The number of carbonyl (C=O) groups is 1. The Morgan fingerprint density at radius 1 is 1.28 bits per heavy atom. The molecule has 1 amide bonds. The Morgan fingerprint density at radius 2 is 2.00 bits per heavy atom. The van der Waals surface area contributed by atoms with Crippen LogP contribution in [0.2, 0.25) is 10.0 Å². The molecule has 1 N–H and O–H groups in total. The fraction of sp³-hybridized carbons (Fsp3) is 0.333. The molecule has 0 saturated carbocycles. The number of amides is 1. The maximum atomic E-state index is 13.3. The van der Waals surface area contributed by atoms with Gasteiger partial charge in [-0.05, 0) is 49.0 Å². The first-order chi connectivity index (χ1) is 13.7. The summed E-state index contributed by atoms with van der Waals surface area (Å²) in [5, 5.41) is 5.09. The molecule has 1 fully saturated rings. The summed E-state index contributed by atoms with van der Waals surface area (Å²) in [4.78, 5) is 16.7. The molecule has 8 heteroatoms. The minimum absolute atomic E-state index is 0.0534. The third kappa shape index (κ3) is 3.33. The lowest BCUT2D eigenvalue weighted by Crippen LogP contribution is -2.71. The van der Waals surface area contributed by atoms with E-state index in [0.717, 1.165) is 11.1 Å². The minimum atomic E-state index is -0.992. The minimum Gasteiger partial charge on any atom is -0.467 e. The molecule has 2 bridgehead atoms. The van der Waals surface area contributed by atoms with Crippen molar-refractivity contribution >= 4 is 46.4 Å². The topological polar surface area (TPSA) is 44.8 Å². The molecule has 2 aliphatic rings. The number of halogens is 2. The third-order valence-corrected chi connectivity index (χ3v) is 6.53. The van der Waals surface area contributed by atoms with Crippen LogP contribution < -0.4 is 10.1 Å². The van der Waals surface area contributed by atoms with Gasteiger partial charge in [0.15, 0.2) is 10.8 Å². The highest BCUT2D eigenvalue weighted by Gasteiger charge is 2.58. The van der Waals surface area contributed by atoms with E-state index in [0.29, 0.717) is 27.5 Å². The monoisotopic (exact) mass is 449 g/mol. The van der Waals surface area contributed by atoms with Gasteiger partial charge in [-0.1, -0.05) is 41.4 Å². The zero-order valence-electron chi connectivity index (χ0n) is 16.3. The maximum absolute atomic E-state index is 13.3. The summed E-state index contributed by atoms with van der Waals surface area (Å²) in [6.07, 6.45) is 0. The SMILES string of the molecule is CN(C)C(=O)[C@@H]1[C@H]2NC(=S)N(Cc3ccccc3Cl)[C@@]1(C)Oc1ccc(Cl)cc12. The van der Waals surface area contributed by atoms with Crippen molar-refractivity contribution in [3.8, 4) is 5.75 Å². The van der Waals surface area contributed by atoms with Crippen molar-refractivity contribution in [1.82, 2.24) is 15.1 Å². The second kappa shape index (κ2) is 7.35. The first-order valence-electron chi connectivity index (χ1n) is 9.23. The molecule has 29 heavy (non-hydrogen) atoms. The summed E-state index contributed by atoms with van der Waals surface area (Å²) in [5.74, 6) is 0.101. The van der Waals surface area contributed by atoms with Gasteiger partial charge in [0.05, 0.1) is 12.6 Å². The van der Waals surface area contributed by atoms with Gasteiger partial charge in [0.1, 0.15) is 11.7 Å². The van der Waals surface area contributed by atoms with Gasteiger partial charge in [0.25, 0.3) is 0 Å². The van der Waals surface area contributed by atoms with Crippen LogP contribution >= 0.6 is 35.4 Å². The van der Waals surface area contributed by atoms with Crippen molar-refractivity contribution in [2.24, 2.45) is 5.92 Å². The van der Waals surface area contributed by atoms with E-state index in [1.165, 1.54) is 0 Å². The molecule has 0 spiro atoms. The fourth-order valence-corrected chi connectivity index (χ4v) is 4.85. The van der Waals surface area contributed by atoms with E-state index >= 15 is 0 Å². The predicted octanol–water partition coefficient (Wildman–Crippen LogP) is 4.24. The van der Waals surface area contributed by atoms with Crippen LogP contribution in [0.25, 0.3) is 0 Å². The number of rotatable bonds is 3. The van der Waals surface area contributed by atoms with E-state index in [1.807, 2.05) is 48.2 Å². The van der Waals surface area contributed by atoms with Crippen LogP contribution in [0.3, 0.4) is 0 Å². The van der Waals surface area contributed by atoms with Crippen molar-refractivity contribution in [1.29, 1.82) is 0 Å². The number of carbonyl (C=O) groups excluding carboxylic acids is 1. The van der Waals surface area contributed by atoms with Crippen LogP contribution in [0.5, 0.6) is 5.75 Å². The lowest BCUT2D eigenvalue weighted by Gasteiger charge is -2.56. The molecule has 0 aromatic heterocycles. The summed E-state index contributed by atoms with van der Waals surface area (Å²) in [7, 11) is 3.48. The molecule has 4 rings (SSSR count). The summed E-state index contributed by atoms with van der Waals surface area (Å²) >= 11 is 18.3. The van der Waals surface area contributed by atoms with Crippen LogP contribution in [-0.2, 0) is 11.3 Å². The Kier molecular flexibility index (Phi) is 5.13. The van der Waals surface area contributed by atoms with E-state index < -0.39 is 11.6 Å². The Labute approximate surface area is 185 Å². The average molecular weight is 450 g/mol. The Morgan fingerprint density at radius 3 is 2.69 bits per heavy atom. The molecule has 0 radical (unpaired) electrons. The van der Waals surface area contributed by atoms with Crippen molar-refractivity contribution < 1.29 is 9.53 Å². The molecular weight excluding hydrogens is 429 g/mol. The fourth-order valence-electron chi connectivity index (χ4n) is 4.10. The van der Waals surface area contributed by atoms with Gasteiger partial charge in [-0.25, -0.2) is 0 Å². The predicted molar refractivity (Wildman–Crippen MR) is 118 cm³/mol. The Bertz CT molecular complexity index is 1000. The van der Waals surface area contributed by atoms with Crippen LogP contribution in [0, 0.1) is 5.92 Å². The highest BCUT2D eigenvalue weighted by Crippen LogP contribution is 2.49. The molecule has 0 aliphatic carbocycles. The normalized spacial score (nSPS) is 25.0. The van der Waals surface area contributed by atoms with E-state index in [-0.39, 0.29) is 11.9 Å². The van der Waals surface area contributed by atoms with E-state index in [2.05, 4.69) is 5.32 Å². The molecule has 5 nitrogen and oxygen atoms in total. The number of nitrogens with zero attached hydrogens (tertiary/aromatic N) is 2. The molecule has 2 aromatic carbocycles. The van der Waals surface area contributed by atoms with Crippen molar-refractivity contribution in [2.45, 2.75) is 25.2 Å². The second-order valence-corrected chi connectivity index (χ2v) is 8.88. The Hall–Kier alpha value is -2.02. The van der Waals surface area contributed by atoms with Gasteiger partial charge in [0, 0.05) is 29.7 Å². The standard InChI is InChI=1S/C21H21Cl2N3O2S/c1-21-17(19(27)25(2)3)18(14-10-13(22)8-9-16(14)28-21)24-20(29)26(21)11-12-6-4-5-7-15(12)23/h4-10,17-18H,11H2,1-3H3,(H,24,29)/t17-,18-,21-/m0/s1. The lowest BCUT2D eigenvalue weighted by molar-refractivity contribution is -0.162. The molecule has 3 atom stereocenters. The van der Waals surface area contributed by atoms with Gasteiger partial charge >= 0.3 is 0 Å². The van der Waals surface area contributed by atoms with E-state index in [9.17, 15) is 4.79 Å². The summed E-state index contributed by atoms with van der Waals surface area (Å²) < 4.78 is 6.47. The summed E-state index contributed by atoms with van der Waals surface area (Å²) in [6, 6.07) is 12.7. The molecule has 1 saturated heterocycles. The quantitative estimate of drug-likeness (QED) is 0.709. The first kappa shape index (κ1) is 20.3. The number of hydrogen-bond donors (Lipinski definition) is 1. The number of ether oxygens (including phenoxy) is 1. The summed E-state index contributed by atoms with van der Waals surface area (Å²) in [5.41, 5.74) is 0.739. The molecule has 2 heterocycles. The number of fused-ring (bicyclic) bond motifs is 4. The zero-order chi connectivity index (χ0) is 20.9. The molecule has 152 valence electrons. The highest BCUT2D eigenvalue weighted by atomic mass is 35.5. The van der Waals surface area contributed by atoms with E-state index in [1.54, 1.807) is 25.1 Å². The molecule has 2 aromatic rings. The van der Waals surface area contributed by atoms with Crippen LogP contribution in [0.15, 0.2) is 42.5 Å². The Balaban J connectivity index is 1.84. The van der Waals surface area contributed by atoms with Gasteiger partial charge in [0.2, 0.25) is 5.91 Å². The lowest BCUT2D eigenvalue weighted by atomic mass is 9.78. The van der Waals surface area contributed by atoms with Crippen molar-refractivity contribution in [2.75, 3.05) is 14.1 Å². The van der Waals surface area contributed by atoms with Crippen molar-refractivity contribution in [3.63, 3.8) is 0 Å². The summed E-state index contributed by atoms with van der Waals surface area (Å²) in [6.45, 7) is 2.32. The maximum Gasteiger partial charge on any atom is 0.233 e. The zero-order valence-corrected chi connectivity index (χ0v) is 18.6. The van der Waals surface area contributed by atoms with Gasteiger partial charge in [-0.15, -0.1) is 0 Å².